The van der Waals surface area contributed by atoms with Crippen molar-refractivity contribution in [2.24, 2.45) is 5.92 Å². The van der Waals surface area contributed by atoms with Crippen LogP contribution in [0.4, 0.5) is 5.95 Å². The van der Waals surface area contributed by atoms with E-state index in [0.29, 0.717) is 12.4 Å². The summed E-state index contributed by atoms with van der Waals surface area (Å²) in [6, 6.07) is 20.1. The Kier molecular flexibility index (Phi) is 3.45. The molecule has 1 aliphatic heterocycles. The zero-order chi connectivity index (χ0) is 17.5. The van der Waals surface area contributed by atoms with Crippen molar-refractivity contribution < 1.29 is 4.79 Å². The predicted octanol–water partition coefficient (Wildman–Crippen LogP) is 3.55. The van der Waals surface area contributed by atoms with Gasteiger partial charge in [0.05, 0.1) is 12.0 Å². The molecular formula is C21H18N4O. The van der Waals surface area contributed by atoms with Crippen LogP contribution in [0.1, 0.15) is 29.5 Å². The number of allylic oxidation sites excluding steroid dienone is 2. The summed E-state index contributed by atoms with van der Waals surface area (Å²) in [4.78, 5) is 17.5. The third-order valence-corrected chi connectivity index (χ3v) is 5.26. The molecule has 5 heteroatoms. The summed E-state index contributed by atoms with van der Waals surface area (Å²) in [7, 11) is 0. The average molecular weight is 342 g/mol. The fourth-order valence-corrected chi connectivity index (χ4v) is 4.07. The molecule has 2 heterocycles. The Morgan fingerprint density at radius 3 is 2.38 bits per heavy atom. The van der Waals surface area contributed by atoms with Gasteiger partial charge in [-0.05, 0) is 11.1 Å². The van der Waals surface area contributed by atoms with Crippen LogP contribution in [0.3, 0.4) is 0 Å². The Morgan fingerprint density at radius 1 is 0.962 bits per heavy atom. The quantitative estimate of drug-likeness (QED) is 0.774. The summed E-state index contributed by atoms with van der Waals surface area (Å²) in [6.45, 7) is 0. The zero-order valence-electron chi connectivity index (χ0n) is 14.1. The van der Waals surface area contributed by atoms with Crippen molar-refractivity contribution in [3.8, 4) is 0 Å². The van der Waals surface area contributed by atoms with Crippen LogP contribution in [0.5, 0.6) is 0 Å². The molecule has 2 aliphatic rings. The molecule has 128 valence electrons. The molecule has 0 radical (unpaired) electrons. The first-order valence-corrected chi connectivity index (χ1v) is 8.82. The maximum absolute atomic E-state index is 13.2. The fourth-order valence-electron chi connectivity index (χ4n) is 4.07. The van der Waals surface area contributed by atoms with Crippen LogP contribution in [0.25, 0.3) is 0 Å². The van der Waals surface area contributed by atoms with Crippen LogP contribution in [0, 0.1) is 5.92 Å². The summed E-state index contributed by atoms with van der Waals surface area (Å²) in [5, 5.41) is 7.72. The summed E-state index contributed by atoms with van der Waals surface area (Å²) >= 11 is 0. The molecule has 0 amide bonds. The van der Waals surface area contributed by atoms with E-state index in [1.54, 1.807) is 0 Å². The SMILES string of the molecule is O=C1C[C@H](c2ccccc2)C=C2Nc3ncnn3[C@H](c3ccccc3)[C@@H]12. The van der Waals surface area contributed by atoms with Gasteiger partial charge < -0.3 is 5.32 Å². The highest BCUT2D eigenvalue weighted by molar-refractivity contribution is 5.88. The number of ketones is 1. The monoisotopic (exact) mass is 342 g/mol. The number of hydrogen-bond acceptors (Lipinski definition) is 4. The Labute approximate surface area is 151 Å². The number of anilines is 1. The molecule has 26 heavy (non-hydrogen) atoms. The van der Waals surface area contributed by atoms with Crippen LogP contribution in [0.15, 0.2) is 78.8 Å². The van der Waals surface area contributed by atoms with E-state index >= 15 is 0 Å². The van der Waals surface area contributed by atoms with Gasteiger partial charge in [-0.1, -0.05) is 66.7 Å². The number of rotatable bonds is 2. The van der Waals surface area contributed by atoms with Crippen molar-refractivity contribution in [1.82, 2.24) is 14.8 Å². The fraction of sp³-hybridized carbons (Fsp3) is 0.190. The van der Waals surface area contributed by atoms with E-state index in [2.05, 4.69) is 45.7 Å². The van der Waals surface area contributed by atoms with Gasteiger partial charge in [-0.25, -0.2) is 4.68 Å². The number of nitrogens with zero attached hydrogens (tertiary/aromatic N) is 3. The minimum atomic E-state index is -0.258. The van der Waals surface area contributed by atoms with Crippen LogP contribution >= 0.6 is 0 Å². The van der Waals surface area contributed by atoms with Gasteiger partial charge >= 0.3 is 0 Å². The molecule has 0 spiro atoms. The van der Waals surface area contributed by atoms with E-state index in [1.165, 1.54) is 6.33 Å². The number of carbonyl (C=O) groups excluding carboxylic acids is 1. The van der Waals surface area contributed by atoms with Crippen molar-refractivity contribution in [3.05, 3.63) is 89.9 Å². The standard InChI is InChI=1S/C21H18N4O/c26-18-12-16(14-7-3-1-4-8-14)11-17-19(18)20(15-9-5-2-6-10-15)25-21(24-17)22-13-23-25/h1-11,13,16,19-20H,12H2,(H,22,23,24)/t16-,19-,20-/m1/s1. The van der Waals surface area contributed by atoms with Crippen LogP contribution in [-0.2, 0) is 4.79 Å². The van der Waals surface area contributed by atoms with Crippen molar-refractivity contribution in [2.75, 3.05) is 5.32 Å². The molecular weight excluding hydrogens is 324 g/mol. The lowest BCUT2D eigenvalue weighted by molar-refractivity contribution is -0.123. The Morgan fingerprint density at radius 2 is 1.65 bits per heavy atom. The summed E-state index contributed by atoms with van der Waals surface area (Å²) < 4.78 is 1.83. The molecule has 0 saturated carbocycles. The smallest absolute Gasteiger partial charge is 0.226 e. The van der Waals surface area contributed by atoms with Gasteiger partial charge in [-0.2, -0.15) is 10.1 Å². The third kappa shape index (κ3) is 2.36. The van der Waals surface area contributed by atoms with Gasteiger partial charge in [0.25, 0.3) is 0 Å². The third-order valence-electron chi connectivity index (χ3n) is 5.26. The number of carbonyl (C=O) groups is 1. The first kappa shape index (κ1) is 15.1. The lowest BCUT2D eigenvalue weighted by Gasteiger charge is -2.38. The second-order valence-corrected chi connectivity index (χ2v) is 6.80. The number of nitrogens with one attached hydrogen (secondary N) is 1. The summed E-state index contributed by atoms with van der Waals surface area (Å²) in [6.07, 6.45) is 4.23. The first-order valence-electron chi connectivity index (χ1n) is 8.82. The minimum Gasteiger partial charge on any atom is -0.328 e. The minimum absolute atomic E-state index is 0.0911. The topological polar surface area (TPSA) is 59.8 Å². The van der Waals surface area contributed by atoms with Gasteiger partial charge in [0.15, 0.2) is 0 Å². The second-order valence-electron chi connectivity index (χ2n) is 6.80. The molecule has 0 fully saturated rings. The number of hydrogen-bond donors (Lipinski definition) is 1. The Balaban J connectivity index is 1.63. The molecule has 2 aromatic carbocycles. The Hall–Kier alpha value is -3.21. The van der Waals surface area contributed by atoms with E-state index in [1.807, 2.05) is 41.1 Å². The van der Waals surface area contributed by atoms with Crippen molar-refractivity contribution in [2.45, 2.75) is 18.4 Å². The maximum Gasteiger partial charge on any atom is 0.226 e. The molecule has 3 atom stereocenters. The number of Topliss-reactive ketones (excluding diaryl/α,β-unsaturated/α-hetero) is 1. The average Bonchev–Trinajstić information content (AvgIpc) is 3.15. The van der Waals surface area contributed by atoms with E-state index in [4.69, 9.17) is 0 Å². The lowest BCUT2D eigenvalue weighted by Crippen LogP contribution is -2.40. The molecule has 1 aliphatic carbocycles. The maximum atomic E-state index is 13.2. The molecule has 3 aromatic rings. The molecule has 1 N–H and O–H groups in total. The van der Waals surface area contributed by atoms with Crippen LogP contribution < -0.4 is 5.32 Å². The van der Waals surface area contributed by atoms with E-state index in [-0.39, 0.29) is 23.7 Å². The van der Waals surface area contributed by atoms with Crippen molar-refractivity contribution >= 4 is 11.7 Å². The largest absolute Gasteiger partial charge is 0.328 e. The van der Waals surface area contributed by atoms with E-state index in [9.17, 15) is 4.79 Å². The Bertz CT molecular complexity index is 978. The molecule has 0 saturated heterocycles. The van der Waals surface area contributed by atoms with Gasteiger partial charge in [-0.15, -0.1) is 0 Å². The number of aromatic nitrogens is 3. The number of fused-ring (bicyclic) bond motifs is 2. The normalized spacial score (nSPS) is 24.2. The second kappa shape index (κ2) is 5.95. The molecule has 1 aromatic heterocycles. The van der Waals surface area contributed by atoms with Crippen LogP contribution in [0.2, 0.25) is 0 Å². The highest BCUT2D eigenvalue weighted by atomic mass is 16.1. The lowest BCUT2D eigenvalue weighted by atomic mass is 9.76. The van der Waals surface area contributed by atoms with Gasteiger partial charge in [0.2, 0.25) is 5.95 Å². The zero-order valence-corrected chi connectivity index (χ0v) is 14.1. The van der Waals surface area contributed by atoms with Crippen LogP contribution in [-0.4, -0.2) is 20.5 Å². The summed E-state index contributed by atoms with van der Waals surface area (Å²) in [5.74, 6) is 0.752. The highest BCUT2D eigenvalue weighted by Crippen LogP contribution is 2.43. The molecule has 0 bridgehead atoms. The molecule has 5 rings (SSSR count). The van der Waals surface area contributed by atoms with E-state index < -0.39 is 0 Å². The predicted molar refractivity (Wildman–Crippen MR) is 98.6 cm³/mol. The van der Waals surface area contributed by atoms with E-state index in [0.717, 1.165) is 16.8 Å². The van der Waals surface area contributed by atoms with Gasteiger partial charge in [0.1, 0.15) is 12.1 Å². The number of benzene rings is 2. The van der Waals surface area contributed by atoms with Gasteiger partial charge in [-0.3, -0.25) is 4.79 Å². The molecule has 0 unspecified atom stereocenters. The first-order chi connectivity index (χ1) is 12.8. The van der Waals surface area contributed by atoms with Crippen molar-refractivity contribution in [3.63, 3.8) is 0 Å². The van der Waals surface area contributed by atoms with Crippen molar-refractivity contribution in [1.29, 1.82) is 0 Å². The molecule has 5 nitrogen and oxygen atoms in total. The summed E-state index contributed by atoms with van der Waals surface area (Å²) in [5.41, 5.74) is 3.17. The highest BCUT2D eigenvalue weighted by Gasteiger charge is 2.43. The van der Waals surface area contributed by atoms with Gasteiger partial charge in [0, 0.05) is 18.0 Å².